The maximum atomic E-state index is 11.8. The molecule has 0 saturated heterocycles. The summed E-state index contributed by atoms with van der Waals surface area (Å²) in [5, 5.41) is 4.11. The van der Waals surface area contributed by atoms with E-state index >= 15 is 0 Å². The Kier molecular flexibility index (Phi) is 5.04. The minimum atomic E-state index is -0.173. The third-order valence-electron chi connectivity index (χ3n) is 2.94. The van der Waals surface area contributed by atoms with Crippen LogP contribution in [0.5, 0.6) is 5.75 Å². The normalized spacial score (nSPS) is 11.0. The molecule has 1 amide bonds. The van der Waals surface area contributed by atoms with Crippen molar-refractivity contribution in [2.24, 2.45) is 5.10 Å². The molecule has 1 heterocycles. The Balaban J connectivity index is 1.98. The molecule has 0 unspecified atom stereocenters. The van der Waals surface area contributed by atoms with E-state index in [9.17, 15) is 4.79 Å². The van der Waals surface area contributed by atoms with Gasteiger partial charge in [-0.3, -0.25) is 4.79 Å². The van der Waals surface area contributed by atoms with Crippen LogP contribution in [-0.4, -0.2) is 18.7 Å². The van der Waals surface area contributed by atoms with Crippen LogP contribution in [0.1, 0.15) is 12.5 Å². The fraction of sp³-hybridized carbons (Fsp3) is 0.188. The van der Waals surface area contributed by atoms with Gasteiger partial charge in [-0.05, 0) is 19.1 Å². The second-order valence-corrected chi connectivity index (χ2v) is 4.51. The highest BCUT2D eigenvalue weighted by molar-refractivity contribution is 5.99. The van der Waals surface area contributed by atoms with Gasteiger partial charge in [-0.15, -0.1) is 0 Å². The van der Waals surface area contributed by atoms with Crippen LogP contribution < -0.4 is 14.7 Å². The van der Waals surface area contributed by atoms with Crippen molar-refractivity contribution in [3.63, 3.8) is 0 Å². The van der Waals surface area contributed by atoms with Crippen molar-refractivity contribution in [2.45, 2.75) is 13.5 Å². The van der Waals surface area contributed by atoms with Gasteiger partial charge in [0.05, 0.1) is 12.8 Å². The number of amides is 1. The Morgan fingerprint density at radius 1 is 1.24 bits per heavy atom. The van der Waals surface area contributed by atoms with E-state index in [1.165, 1.54) is 0 Å². The molecule has 0 fully saturated rings. The van der Waals surface area contributed by atoms with Gasteiger partial charge in [-0.1, -0.05) is 18.2 Å². The van der Waals surface area contributed by atoms with Gasteiger partial charge in [0, 0.05) is 17.7 Å². The summed E-state index contributed by atoms with van der Waals surface area (Å²) in [5.41, 5.74) is 4.18. The highest BCUT2D eigenvalue weighted by Gasteiger charge is 2.07. The zero-order chi connectivity index (χ0) is 15.1. The summed E-state index contributed by atoms with van der Waals surface area (Å²) in [7, 11) is 1.62. The van der Waals surface area contributed by atoms with E-state index in [-0.39, 0.29) is 12.5 Å². The Hall–Kier alpha value is -2.69. The molecule has 0 aliphatic heterocycles. The lowest BCUT2D eigenvalue weighted by molar-refractivity contribution is -0.684. The quantitative estimate of drug-likeness (QED) is 0.514. The number of hydrogen-bond acceptors (Lipinski definition) is 3. The summed E-state index contributed by atoms with van der Waals surface area (Å²) in [6, 6.07) is 13.2. The Morgan fingerprint density at radius 2 is 2.00 bits per heavy atom. The van der Waals surface area contributed by atoms with E-state index in [2.05, 4.69) is 10.5 Å². The highest BCUT2D eigenvalue weighted by Crippen LogP contribution is 2.12. The minimum Gasteiger partial charge on any atom is -0.497 e. The van der Waals surface area contributed by atoms with Gasteiger partial charge in [0.15, 0.2) is 12.4 Å². The molecule has 0 aliphatic carbocycles. The van der Waals surface area contributed by atoms with Crippen LogP contribution in [0.4, 0.5) is 0 Å². The van der Waals surface area contributed by atoms with Crippen molar-refractivity contribution in [2.75, 3.05) is 7.11 Å². The summed E-state index contributed by atoms with van der Waals surface area (Å²) in [6.07, 6.45) is 3.66. The number of ether oxygens (including phenoxy) is 1. The lowest BCUT2D eigenvalue weighted by Gasteiger charge is -2.04. The predicted molar refractivity (Wildman–Crippen MR) is 80.0 cm³/mol. The first-order valence-corrected chi connectivity index (χ1v) is 6.60. The highest BCUT2D eigenvalue weighted by atomic mass is 16.5. The fourth-order valence-electron chi connectivity index (χ4n) is 1.80. The van der Waals surface area contributed by atoms with E-state index in [1.807, 2.05) is 61.8 Å². The molecular weight excluding hydrogens is 266 g/mol. The summed E-state index contributed by atoms with van der Waals surface area (Å²) in [4.78, 5) is 11.8. The van der Waals surface area contributed by atoms with Crippen LogP contribution in [0.25, 0.3) is 0 Å². The molecule has 1 N–H and O–H groups in total. The molecule has 108 valence electrons. The van der Waals surface area contributed by atoms with Gasteiger partial charge < -0.3 is 4.74 Å². The molecule has 2 rings (SSSR count). The van der Waals surface area contributed by atoms with E-state index < -0.39 is 0 Å². The number of nitrogens with one attached hydrogen (secondary N) is 1. The van der Waals surface area contributed by atoms with Gasteiger partial charge in [-0.2, -0.15) is 9.67 Å². The third kappa shape index (κ3) is 4.42. The van der Waals surface area contributed by atoms with Crippen LogP contribution in [0.15, 0.2) is 60.0 Å². The van der Waals surface area contributed by atoms with Crippen molar-refractivity contribution in [3.05, 3.63) is 60.4 Å². The number of pyridine rings is 1. The largest absolute Gasteiger partial charge is 0.497 e. The lowest BCUT2D eigenvalue weighted by Crippen LogP contribution is -2.41. The zero-order valence-electron chi connectivity index (χ0n) is 12.1. The molecule has 5 nitrogen and oxygen atoms in total. The number of hydrazone groups is 1. The average Bonchev–Trinajstić information content (AvgIpc) is 2.53. The van der Waals surface area contributed by atoms with E-state index in [0.29, 0.717) is 0 Å². The number of aromatic nitrogens is 1. The number of nitrogens with zero attached hydrogens (tertiary/aromatic N) is 2. The number of methoxy groups -OCH3 is 1. The molecule has 0 aliphatic rings. The SMILES string of the molecule is COc1cccc(/C(C)=N/NC(=O)C[n+]2ccccc2)c1. The van der Waals surface area contributed by atoms with E-state index in [4.69, 9.17) is 4.74 Å². The van der Waals surface area contributed by atoms with Gasteiger partial charge in [0.25, 0.3) is 0 Å². The number of carbonyl (C=O) groups is 1. The number of benzene rings is 1. The molecule has 21 heavy (non-hydrogen) atoms. The maximum Gasteiger partial charge on any atom is 0.305 e. The molecular formula is C16H18N3O2+. The number of rotatable bonds is 5. The first kappa shape index (κ1) is 14.7. The predicted octanol–water partition coefficient (Wildman–Crippen LogP) is 1.52. The molecule has 1 aromatic carbocycles. The molecule has 1 aromatic heterocycles. The number of carbonyl (C=O) groups excluding carboxylic acids is 1. The molecule has 0 bridgehead atoms. The molecule has 0 radical (unpaired) electrons. The van der Waals surface area contributed by atoms with E-state index in [0.717, 1.165) is 17.0 Å². The Labute approximate surface area is 123 Å². The van der Waals surface area contributed by atoms with Crippen LogP contribution in [0, 0.1) is 0 Å². The van der Waals surface area contributed by atoms with Crippen LogP contribution >= 0.6 is 0 Å². The minimum absolute atomic E-state index is 0.173. The van der Waals surface area contributed by atoms with Crippen molar-refractivity contribution in [1.29, 1.82) is 0 Å². The van der Waals surface area contributed by atoms with Crippen molar-refractivity contribution < 1.29 is 14.1 Å². The summed E-state index contributed by atoms with van der Waals surface area (Å²) in [6.45, 7) is 2.07. The van der Waals surface area contributed by atoms with Gasteiger partial charge in [0.2, 0.25) is 6.54 Å². The van der Waals surface area contributed by atoms with Crippen LogP contribution in [0.3, 0.4) is 0 Å². The molecule has 0 atom stereocenters. The molecule has 0 saturated carbocycles. The standard InChI is InChI=1S/C16H17N3O2/c1-13(14-7-6-8-15(11-14)21-2)17-18-16(20)12-19-9-4-3-5-10-19/h3-11H,12H2,1-2H3/p+1/b17-13+. The van der Waals surface area contributed by atoms with Gasteiger partial charge in [0.1, 0.15) is 5.75 Å². The second kappa shape index (κ2) is 7.19. The first-order chi connectivity index (χ1) is 10.2. The van der Waals surface area contributed by atoms with Crippen molar-refractivity contribution in [3.8, 4) is 5.75 Å². The summed E-state index contributed by atoms with van der Waals surface area (Å²) >= 11 is 0. The topological polar surface area (TPSA) is 54.6 Å². The lowest BCUT2D eigenvalue weighted by atomic mass is 10.1. The maximum absolute atomic E-state index is 11.8. The second-order valence-electron chi connectivity index (χ2n) is 4.51. The average molecular weight is 284 g/mol. The van der Waals surface area contributed by atoms with Gasteiger partial charge in [-0.25, -0.2) is 5.43 Å². The van der Waals surface area contributed by atoms with Crippen LogP contribution in [0.2, 0.25) is 0 Å². The first-order valence-electron chi connectivity index (χ1n) is 6.60. The van der Waals surface area contributed by atoms with Gasteiger partial charge >= 0.3 is 5.91 Å². The summed E-state index contributed by atoms with van der Waals surface area (Å²) in [5.74, 6) is 0.585. The molecule has 5 heteroatoms. The third-order valence-corrected chi connectivity index (χ3v) is 2.94. The molecule has 2 aromatic rings. The number of hydrogen-bond donors (Lipinski definition) is 1. The van der Waals surface area contributed by atoms with Crippen molar-refractivity contribution >= 4 is 11.6 Å². The Morgan fingerprint density at radius 3 is 2.71 bits per heavy atom. The zero-order valence-corrected chi connectivity index (χ0v) is 12.1. The monoisotopic (exact) mass is 284 g/mol. The smallest absolute Gasteiger partial charge is 0.305 e. The fourth-order valence-corrected chi connectivity index (χ4v) is 1.80. The summed E-state index contributed by atoms with van der Waals surface area (Å²) < 4.78 is 6.95. The van der Waals surface area contributed by atoms with Crippen molar-refractivity contribution in [1.82, 2.24) is 5.43 Å². The molecule has 0 spiro atoms. The Bertz CT molecular complexity index is 639. The van der Waals surface area contributed by atoms with E-state index in [1.54, 1.807) is 11.7 Å². The van der Waals surface area contributed by atoms with Crippen LogP contribution in [-0.2, 0) is 11.3 Å².